The molecular formula is C18H20FN3O2. The van der Waals surface area contributed by atoms with Crippen molar-refractivity contribution in [3.63, 3.8) is 0 Å². The Labute approximate surface area is 140 Å². The van der Waals surface area contributed by atoms with E-state index < -0.39 is 0 Å². The zero-order valence-corrected chi connectivity index (χ0v) is 13.5. The van der Waals surface area contributed by atoms with Crippen molar-refractivity contribution >= 4 is 6.03 Å². The Kier molecular flexibility index (Phi) is 5.05. The quantitative estimate of drug-likeness (QED) is 0.942. The molecule has 0 spiro atoms. The maximum absolute atomic E-state index is 13.4. The first-order valence-electron chi connectivity index (χ1n) is 7.93. The van der Waals surface area contributed by atoms with Gasteiger partial charge in [0.2, 0.25) is 0 Å². The molecule has 126 valence electrons. The first-order chi connectivity index (χ1) is 11.6. The van der Waals surface area contributed by atoms with Crippen LogP contribution in [0.3, 0.4) is 0 Å². The summed E-state index contributed by atoms with van der Waals surface area (Å²) in [5, 5.41) is 2.89. The molecule has 1 aromatic heterocycles. The van der Waals surface area contributed by atoms with E-state index in [-0.39, 0.29) is 18.0 Å². The molecule has 1 aromatic carbocycles. The highest BCUT2D eigenvalue weighted by Gasteiger charge is 2.25. The second-order valence-electron chi connectivity index (χ2n) is 5.83. The number of nitrogens with zero attached hydrogens (tertiary/aromatic N) is 2. The van der Waals surface area contributed by atoms with E-state index in [1.807, 2.05) is 25.1 Å². The smallest absolute Gasteiger partial charge is 0.317 e. The molecule has 0 radical (unpaired) electrons. The minimum Gasteiger partial charge on any atom is -0.370 e. The summed E-state index contributed by atoms with van der Waals surface area (Å²) in [5.74, 6) is -0.301. The van der Waals surface area contributed by atoms with Crippen LogP contribution in [0.25, 0.3) is 0 Å². The van der Waals surface area contributed by atoms with Gasteiger partial charge in [-0.1, -0.05) is 18.2 Å². The van der Waals surface area contributed by atoms with Gasteiger partial charge < -0.3 is 15.0 Å². The molecule has 0 unspecified atom stereocenters. The highest BCUT2D eigenvalue weighted by Crippen LogP contribution is 2.22. The first kappa shape index (κ1) is 16.4. The number of benzene rings is 1. The Morgan fingerprint density at radius 1 is 1.42 bits per heavy atom. The Hall–Kier alpha value is -2.47. The van der Waals surface area contributed by atoms with E-state index in [1.54, 1.807) is 17.2 Å². The lowest BCUT2D eigenvalue weighted by molar-refractivity contribution is -0.0156. The molecule has 1 saturated heterocycles. The zero-order chi connectivity index (χ0) is 16.9. The average molecular weight is 329 g/mol. The number of rotatable bonds is 3. The van der Waals surface area contributed by atoms with Gasteiger partial charge in [-0.2, -0.15) is 0 Å². The number of carbonyl (C=O) groups excluding carboxylic acids is 1. The number of aryl methyl sites for hydroxylation is 1. The molecule has 5 nitrogen and oxygen atoms in total. The van der Waals surface area contributed by atoms with Gasteiger partial charge in [0.1, 0.15) is 11.9 Å². The normalized spacial score (nSPS) is 17.6. The van der Waals surface area contributed by atoms with Crippen molar-refractivity contribution in [2.24, 2.45) is 0 Å². The summed E-state index contributed by atoms with van der Waals surface area (Å²) in [6, 6.07) is 10.0. The number of hydrogen-bond acceptors (Lipinski definition) is 3. The van der Waals surface area contributed by atoms with Gasteiger partial charge in [-0.15, -0.1) is 0 Å². The first-order valence-corrected chi connectivity index (χ1v) is 7.93. The number of nitrogens with one attached hydrogen (secondary N) is 1. The lowest BCUT2D eigenvalue weighted by Gasteiger charge is -2.33. The van der Waals surface area contributed by atoms with Crippen molar-refractivity contribution in [2.45, 2.75) is 19.6 Å². The number of morpholine rings is 1. The van der Waals surface area contributed by atoms with Gasteiger partial charge in [0.05, 0.1) is 13.2 Å². The molecule has 6 heteroatoms. The minimum atomic E-state index is -0.304. The van der Waals surface area contributed by atoms with E-state index in [0.29, 0.717) is 26.2 Å². The number of urea groups is 1. The Balaban J connectivity index is 1.57. The molecule has 24 heavy (non-hydrogen) atoms. The van der Waals surface area contributed by atoms with Crippen LogP contribution in [0.5, 0.6) is 0 Å². The standard InChI is InChI=1S/C18H20FN3O2/c1-13-5-6-14(10-20-13)11-21-18(23)22-7-8-24-17(12-22)15-3-2-4-16(19)9-15/h2-6,9-10,17H,7-8,11-12H2,1H3,(H,21,23)/t17-/m1/s1. The van der Waals surface area contributed by atoms with Crippen molar-refractivity contribution < 1.29 is 13.9 Å². The van der Waals surface area contributed by atoms with Gasteiger partial charge in [-0.3, -0.25) is 4.98 Å². The predicted octanol–water partition coefficient (Wildman–Crippen LogP) is 2.81. The minimum absolute atomic E-state index is 0.153. The van der Waals surface area contributed by atoms with Crippen LogP contribution in [0, 0.1) is 12.7 Å². The number of amides is 2. The molecule has 3 rings (SSSR count). The van der Waals surface area contributed by atoms with Crippen LogP contribution in [0.2, 0.25) is 0 Å². The predicted molar refractivity (Wildman–Crippen MR) is 87.9 cm³/mol. The summed E-state index contributed by atoms with van der Waals surface area (Å²) >= 11 is 0. The molecule has 1 atom stereocenters. The summed E-state index contributed by atoms with van der Waals surface area (Å²) in [5.41, 5.74) is 2.63. The Morgan fingerprint density at radius 2 is 2.29 bits per heavy atom. The SMILES string of the molecule is Cc1ccc(CNC(=O)N2CCO[C@@H](c3cccc(F)c3)C2)cn1. The Morgan fingerprint density at radius 3 is 3.04 bits per heavy atom. The number of aromatic nitrogens is 1. The molecule has 0 aliphatic carbocycles. The van der Waals surface area contributed by atoms with Crippen LogP contribution >= 0.6 is 0 Å². The molecule has 0 saturated carbocycles. The largest absolute Gasteiger partial charge is 0.370 e. The van der Waals surface area contributed by atoms with Crippen LogP contribution in [0.4, 0.5) is 9.18 Å². The fourth-order valence-corrected chi connectivity index (χ4v) is 2.63. The van der Waals surface area contributed by atoms with Crippen molar-refractivity contribution in [2.75, 3.05) is 19.7 Å². The number of hydrogen-bond donors (Lipinski definition) is 1. The Bertz CT molecular complexity index is 706. The third-order valence-corrected chi connectivity index (χ3v) is 3.99. The summed E-state index contributed by atoms with van der Waals surface area (Å²) in [7, 11) is 0. The van der Waals surface area contributed by atoms with E-state index in [1.165, 1.54) is 12.1 Å². The van der Waals surface area contributed by atoms with E-state index in [2.05, 4.69) is 10.3 Å². The van der Waals surface area contributed by atoms with Crippen LogP contribution in [0.1, 0.15) is 22.9 Å². The van der Waals surface area contributed by atoms with Gasteiger partial charge in [-0.25, -0.2) is 9.18 Å². The van der Waals surface area contributed by atoms with Gasteiger partial charge in [0.15, 0.2) is 0 Å². The van der Waals surface area contributed by atoms with E-state index >= 15 is 0 Å². The van der Waals surface area contributed by atoms with Gasteiger partial charge in [-0.05, 0) is 36.2 Å². The topological polar surface area (TPSA) is 54.5 Å². The summed E-state index contributed by atoms with van der Waals surface area (Å²) in [6.45, 7) is 3.70. The number of pyridine rings is 1. The van der Waals surface area contributed by atoms with Gasteiger partial charge in [0.25, 0.3) is 0 Å². The van der Waals surface area contributed by atoms with Crippen LogP contribution in [-0.4, -0.2) is 35.6 Å². The number of ether oxygens (including phenoxy) is 1. The van der Waals surface area contributed by atoms with Crippen molar-refractivity contribution in [3.05, 3.63) is 65.2 Å². The fourth-order valence-electron chi connectivity index (χ4n) is 2.63. The van der Waals surface area contributed by atoms with Crippen molar-refractivity contribution in [1.29, 1.82) is 0 Å². The lowest BCUT2D eigenvalue weighted by atomic mass is 10.1. The molecule has 1 fully saturated rings. The van der Waals surface area contributed by atoms with Crippen molar-refractivity contribution in [3.8, 4) is 0 Å². The second kappa shape index (κ2) is 7.40. The van der Waals surface area contributed by atoms with E-state index in [0.717, 1.165) is 16.8 Å². The summed E-state index contributed by atoms with van der Waals surface area (Å²) in [6.07, 6.45) is 1.45. The van der Waals surface area contributed by atoms with Crippen LogP contribution in [0.15, 0.2) is 42.6 Å². The second-order valence-corrected chi connectivity index (χ2v) is 5.83. The summed E-state index contributed by atoms with van der Waals surface area (Å²) in [4.78, 5) is 18.3. The van der Waals surface area contributed by atoms with Crippen LogP contribution < -0.4 is 5.32 Å². The molecule has 2 aromatic rings. The fraction of sp³-hybridized carbons (Fsp3) is 0.333. The van der Waals surface area contributed by atoms with Crippen LogP contribution in [-0.2, 0) is 11.3 Å². The molecule has 1 aliphatic heterocycles. The monoisotopic (exact) mass is 329 g/mol. The molecule has 2 amide bonds. The highest BCUT2D eigenvalue weighted by molar-refractivity contribution is 5.74. The molecule has 1 aliphatic rings. The zero-order valence-electron chi connectivity index (χ0n) is 13.5. The summed E-state index contributed by atoms with van der Waals surface area (Å²) < 4.78 is 19.0. The number of halogens is 1. The maximum atomic E-state index is 13.4. The van der Waals surface area contributed by atoms with E-state index in [9.17, 15) is 9.18 Å². The van der Waals surface area contributed by atoms with Gasteiger partial charge in [0, 0.05) is 25.0 Å². The molecule has 1 N–H and O–H groups in total. The molecular weight excluding hydrogens is 309 g/mol. The highest BCUT2D eigenvalue weighted by atomic mass is 19.1. The van der Waals surface area contributed by atoms with Crippen molar-refractivity contribution in [1.82, 2.24) is 15.2 Å². The molecule has 2 heterocycles. The van der Waals surface area contributed by atoms with E-state index in [4.69, 9.17) is 4.74 Å². The lowest BCUT2D eigenvalue weighted by Crippen LogP contribution is -2.47. The molecule has 0 bridgehead atoms. The number of carbonyl (C=O) groups is 1. The maximum Gasteiger partial charge on any atom is 0.317 e. The third-order valence-electron chi connectivity index (χ3n) is 3.99. The van der Waals surface area contributed by atoms with Gasteiger partial charge >= 0.3 is 6.03 Å². The third kappa shape index (κ3) is 4.08. The average Bonchev–Trinajstić information content (AvgIpc) is 2.61.